The van der Waals surface area contributed by atoms with Crippen LogP contribution in [0.2, 0.25) is 0 Å². The zero-order valence-corrected chi connectivity index (χ0v) is 12.4. The van der Waals surface area contributed by atoms with E-state index in [0.717, 1.165) is 24.3 Å². The molecule has 2 fully saturated rings. The summed E-state index contributed by atoms with van der Waals surface area (Å²) in [5.74, 6) is 2.99. The van der Waals surface area contributed by atoms with Gasteiger partial charge in [-0.15, -0.1) is 0 Å². The Morgan fingerprint density at radius 2 is 2.16 bits per heavy atom. The first-order chi connectivity index (χ1) is 9.26. The highest BCUT2D eigenvalue weighted by Gasteiger charge is 2.42. The van der Waals surface area contributed by atoms with Gasteiger partial charge in [0.05, 0.1) is 0 Å². The van der Waals surface area contributed by atoms with E-state index in [1.165, 1.54) is 43.2 Å². The number of likely N-dealkylation sites (N-methyl/N-ethyl adjacent to an activating group) is 1. The molecule has 0 saturated heterocycles. The maximum absolute atomic E-state index is 3.78. The molecule has 0 radical (unpaired) electrons. The SMILES string of the molecule is CCNC(Cc1cccc(C)c1)C1CC2CCC1C2. The van der Waals surface area contributed by atoms with Crippen molar-refractivity contribution in [2.45, 2.75) is 52.0 Å². The summed E-state index contributed by atoms with van der Waals surface area (Å²) in [4.78, 5) is 0. The zero-order chi connectivity index (χ0) is 13.2. The Morgan fingerprint density at radius 1 is 1.26 bits per heavy atom. The topological polar surface area (TPSA) is 12.0 Å². The zero-order valence-electron chi connectivity index (χ0n) is 12.4. The van der Waals surface area contributed by atoms with E-state index in [1.807, 2.05) is 0 Å². The molecule has 0 heterocycles. The van der Waals surface area contributed by atoms with Crippen LogP contribution >= 0.6 is 0 Å². The van der Waals surface area contributed by atoms with Crippen LogP contribution in [-0.4, -0.2) is 12.6 Å². The third-order valence-corrected chi connectivity index (χ3v) is 5.31. The van der Waals surface area contributed by atoms with Gasteiger partial charge in [0, 0.05) is 6.04 Å². The number of hydrogen-bond acceptors (Lipinski definition) is 1. The summed E-state index contributed by atoms with van der Waals surface area (Å²) in [6, 6.07) is 9.75. The highest BCUT2D eigenvalue weighted by Crippen LogP contribution is 2.49. The third-order valence-electron chi connectivity index (χ3n) is 5.31. The van der Waals surface area contributed by atoms with Gasteiger partial charge in [-0.05, 0) is 62.5 Å². The van der Waals surface area contributed by atoms with E-state index in [0.29, 0.717) is 6.04 Å². The minimum atomic E-state index is 0.696. The maximum atomic E-state index is 3.78. The van der Waals surface area contributed by atoms with E-state index < -0.39 is 0 Å². The van der Waals surface area contributed by atoms with E-state index in [4.69, 9.17) is 0 Å². The molecule has 2 aliphatic carbocycles. The van der Waals surface area contributed by atoms with Gasteiger partial charge in [-0.2, -0.15) is 0 Å². The van der Waals surface area contributed by atoms with Crippen molar-refractivity contribution in [1.29, 1.82) is 0 Å². The minimum Gasteiger partial charge on any atom is -0.314 e. The summed E-state index contributed by atoms with van der Waals surface area (Å²) in [6.45, 7) is 5.55. The summed E-state index contributed by atoms with van der Waals surface area (Å²) in [5.41, 5.74) is 2.90. The lowest BCUT2D eigenvalue weighted by atomic mass is 9.81. The molecular formula is C18H27N. The lowest BCUT2D eigenvalue weighted by molar-refractivity contribution is 0.249. The van der Waals surface area contributed by atoms with Gasteiger partial charge < -0.3 is 5.32 Å². The molecule has 1 N–H and O–H groups in total. The first kappa shape index (κ1) is 13.2. The largest absolute Gasteiger partial charge is 0.314 e. The van der Waals surface area contributed by atoms with E-state index >= 15 is 0 Å². The van der Waals surface area contributed by atoms with Crippen molar-refractivity contribution >= 4 is 0 Å². The molecule has 2 bridgehead atoms. The predicted octanol–water partition coefficient (Wildman–Crippen LogP) is 3.95. The molecular weight excluding hydrogens is 230 g/mol. The Hall–Kier alpha value is -0.820. The Morgan fingerprint density at radius 3 is 2.79 bits per heavy atom. The fourth-order valence-corrected chi connectivity index (χ4v) is 4.52. The van der Waals surface area contributed by atoms with Crippen molar-refractivity contribution < 1.29 is 0 Å². The van der Waals surface area contributed by atoms with Gasteiger partial charge in [0.1, 0.15) is 0 Å². The summed E-state index contributed by atoms with van der Waals surface area (Å²) in [5, 5.41) is 3.78. The molecule has 1 heteroatoms. The van der Waals surface area contributed by atoms with Crippen LogP contribution in [0.4, 0.5) is 0 Å². The van der Waals surface area contributed by atoms with Crippen LogP contribution in [0, 0.1) is 24.7 Å². The van der Waals surface area contributed by atoms with Crippen molar-refractivity contribution in [3.05, 3.63) is 35.4 Å². The van der Waals surface area contributed by atoms with Crippen LogP contribution in [0.3, 0.4) is 0 Å². The predicted molar refractivity (Wildman–Crippen MR) is 81.3 cm³/mol. The first-order valence-electron chi connectivity index (χ1n) is 8.05. The van der Waals surface area contributed by atoms with Crippen LogP contribution in [0.5, 0.6) is 0 Å². The summed E-state index contributed by atoms with van der Waals surface area (Å²) >= 11 is 0. The van der Waals surface area contributed by atoms with Gasteiger partial charge in [-0.1, -0.05) is 43.2 Å². The fourth-order valence-electron chi connectivity index (χ4n) is 4.52. The van der Waals surface area contributed by atoms with E-state index in [-0.39, 0.29) is 0 Å². The number of rotatable bonds is 5. The number of hydrogen-bond donors (Lipinski definition) is 1. The van der Waals surface area contributed by atoms with Crippen LogP contribution in [0.15, 0.2) is 24.3 Å². The second-order valence-corrected chi connectivity index (χ2v) is 6.70. The normalized spacial score (nSPS) is 30.7. The maximum Gasteiger partial charge on any atom is 0.0138 e. The Balaban J connectivity index is 1.70. The highest BCUT2D eigenvalue weighted by molar-refractivity contribution is 5.23. The van der Waals surface area contributed by atoms with Gasteiger partial charge in [-0.25, -0.2) is 0 Å². The molecule has 3 rings (SSSR count). The molecule has 104 valence electrons. The molecule has 4 atom stereocenters. The van der Waals surface area contributed by atoms with Crippen LogP contribution < -0.4 is 5.32 Å². The van der Waals surface area contributed by atoms with Gasteiger partial charge in [0.2, 0.25) is 0 Å². The van der Waals surface area contributed by atoms with E-state index in [1.54, 1.807) is 0 Å². The summed E-state index contributed by atoms with van der Waals surface area (Å²) < 4.78 is 0. The molecule has 19 heavy (non-hydrogen) atoms. The van der Waals surface area contributed by atoms with E-state index in [9.17, 15) is 0 Å². The molecule has 2 aliphatic rings. The molecule has 0 aromatic heterocycles. The Kier molecular flexibility index (Phi) is 3.93. The smallest absolute Gasteiger partial charge is 0.0138 e. The monoisotopic (exact) mass is 257 g/mol. The van der Waals surface area contributed by atoms with Gasteiger partial charge in [-0.3, -0.25) is 0 Å². The average Bonchev–Trinajstić information content (AvgIpc) is 3.00. The Labute approximate surface area is 117 Å². The fraction of sp³-hybridized carbons (Fsp3) is 0.667. The standard InChI is InChI=1S/C18H27N/c1-3-19-18(12-14-6-4-5-13(2)9-14)17-11-15-7-8-16(17)10-15/h4-6,9,15-19H,3,7-8,10-12H2,1-2H3. The van der Waals surface area contributed by atoms with Crippen molar-refractivity contribution in [3.8, 4) is 0 Å². The molecule has 2 saturated carbocycles. The number of aryl methyl sites for hydroxylation is 1. The van der Waals surface area contributed by atoms with Crippen molar-refractivity contribution in [2.24, 2.45) is 17.8 Å². The molecule has 1 aromatic carbocycles. The quantitative estimate of drug-likeness (QED) is 0.842. The van der Waals surface area contributed by atoms with E-state index in [2.05, 4.69) is 43.4 Å². The lowest BCUT2D eigenvalue weighted by Crippen LogP contribution is -2.40. The van der Waals surface area contributed by atoms with Crippen LogP contribution in [0.25, 0.3) is 0 Å². The third kappa shape index (κ3) is 2.86. The van der Waals surface area contributed by atoms with Gasteiger partial charge in [0.15, 0.2) is 0 Å². The van der Waals surface area contributed by atoms with Crippen molar-refractivity contribution in [2.75, 3.05) is 6.54 Å². The molecule has 0 aliphatic heterocycles. The summed E-state index contributed by atoms with van der Waals surface area (Å²) in [7, 11) is 0. The first-order valence-corrected chi connectivity index (χ1v) is 8.05. The van der Waals surface area contributed by atoms with Gasteiger partial charge >= 0.3 is 0 Å². The number of fused-ring (bicyclic) bond motifs is 2. The Bertz CT molecular complexity index is 425. The summed E-state index contributed by atoms with van der Waals surface area (Å²) in [6.07, 6.45) is 7.20. The van der Waals surface area contributed by atoms with Crippen LogP contribution in [-0.2, 0) is 6.42 Å². The van der Waals surface area contributed by atoms with Crippen LogP contribution in [0.1, 0.15) is 43.7 Å². The second-order valence-electron chi connectivity index (χ2n) is 6.70. The minimum absolute atomic E-state index is 0.696. The number of nitrogens with one attached hydrogen (secondary N) is 1. The molecule has 4 unspecified atom stereocenters. The van der Waals surface area contributed by atoms with Gasteiger partial charge in [0.25, 0.3) is 0 Å². The highest BCUT2D eigenvalue weighted by atomic mass is 14.9. The second kappa shape index (κ2) is 5.66. The van der Waals surface area contributed by atoms with Crippen molar-refractivity contribution in [3.63, 3.8) is 0 Å². The molecule has 1 aromatic rings. The average molecular weight is 257 g/mol. The van der Waals surface area contributed by atoms with Crippen molar-refractivity contribution in [1.82, 2.24) is 5.32 Å². The molecule has 0 amide bonds. The lowest BCUT2D eigenvalue weighted by Gasteiger charge is -2.31. The molecule has 1 nitrogen and oxygen atoms in total. The molecule has 0 spiro atoms. The number of benzene rings is 1.